The molecule has 0 radical (unpaired) electrons. The molecule has 0 unspecified atom stereocenters. The van der Waals surface area contributed by atoms with Crippen molar-refractivity contribution < 1.29 is 23.1 Å². The normalized spacial score (nSPS) is 11.4. The second-order valence-electron chi connectivity index (χ2n) is 9.48. The standard InChI is InChI=1S/C32H21BrClFN4O5/c1-42-27-13-18(12-24(34)30(27)43-17-29(40)37-22-9-7-21(35)8-10-22)16-36-39-31(38-25-5-3-2-4-23(25)32(39)41)28-15-19-14-20(33)6-11-26(19)44-28/h2-16H,17H2,1H3,(H,37,40). The molecule has 0 aliphatic carbocycles. The monoisotopic (exact) mass is 674 g/mol. The Balaban J connectivity index is 1.31. The number of hydrogen-bond acceptors (Lipinski definition) is 7. The Morgan fingerprint density at radius 2 is 1.91 bits per heavy atom. The molecule has 2 aromatic heterocycles. The van der Waals surface area contributed by atoms with Crippen LogP contribution in [0.25, 0.3) is 33.5 Å². The van der Waals surface area contributed by atoms with Crippen molar-refractivity contribution in [3.63, 3.8) is 0 Å². The summed E-state index contributed by atoms with van der Waals surface area (Å²) in [4.78, 5) is 30.7. The molecule has 6 aromatic rings. The topological polar surface area (TPSA) is 108 Å². The summed E-state index contributed by atoms with van der Waals surface area (Å²) >= 11 is 9.98. The number of methoxy groups -OCH3 is 1. The SMILES string of the molecule is COc1cc(C=Nn2c(-c3cc4cc(Br)ccc4o3)nc3ccccc3c2=O)cc(Cl)c1OCC(=O)Nc1ccc(F)cc1. The van der Waals surface area contributed by atoms with Crippen molar-refractivity contribution in [2.45, 2.75) is 0 Å². The average molecular weight is 676 g/mol. The van der Waals surface area contributed by atoms with E-state index in [1.165, 1.54) is 42.3 Å². The van der Waals surface area contributed by atoms with Gasteiger partial charge in [-0.1, -0.05) is 39.7 Å². The average Bonchev–Trinajstić information content (AvgIpc) is 3.44. The molecule has 44 heavy (non-hydrogen) atoms. The molecule has 0 atom stereocenters. The number of nitrogens with zero attached hydrogens (tertiary/aromatic N) is 3. The number of furan rings is 1. The van der Waals surface area contributed by atoms with Gasteiger partial charge in [-0.25, -0.2) is 9.37 Å². The van der Waals surface area contributed by atoms with Gasteiger partial charge in [0.15, 0.2) is 23.9 Å². The summed E-state index contributed by atoms with van der Waals surface area (Å²) in [6.45, 7) is -0.378. The van der Waals surface area contributed by atoms with Crippen LogP contribution >= 0.6 is 27.5 Å². The van der Waals surface area contributed by atoms with Crippen LogP contribution in [0.1, 0.15) is 5.56 Å². The molecule has 0 bridgehead atoms. The summed E-state index contributed by atoms with van der Waals surface area (Å²) in [5.41, 5.74) is 1.62. The lowest BCUT2D eigenvalue weighted by molar-refractivity contribution is -0.118. The van der Waals surface area contributed by atoms with Gasteiger partial charge < -0.3 is 19.2 Å². The van der Waals surface area contributed by atoms with Crippen molar-refractivity contribution >= 4 is 67.2 Å². The number of benzene rings is 4. The lowest BCUT2D eigenvalue weighted by Crippen LogP contribution is -2.20. The van der Waals surface area contributed by atoms with E-state index in [2.05, 4.69) is 26.3 Å². The van der Waals surface area contributed by atoms with E-state index in [0.717, 1.165) is 9.86 Å². The molecule has 1 N–H and O–H groups in total. The van der Waals surface area contributed by atoms with Crippen LogP contribution in [-0.4, -0.2) is 35.5 Å². The van der Waals surface area contributed by atoms with Gasteiger partial charge in [0.05, 0.1) is 29.2 Å². The fourth-order valence-electron chi connectivity index (χ4n) is 4.46. The number of halogens is 3. The molecular weight excluding hydrogens is 655 g/mol. The molecule has 0 spiro atoms. The minimum Gasteiger partial charge on any atom is -0.493 e. The molecule has 6 rings (SSSR count). The number of fused-ring (bicyclic) bond motifs is 2. The van der Waals surface area contributed by atoms with Crippen LogP contribution < -0.4 is 20.3 Å². The number of ether oxygens (including phenoxy) is 2. The zero-order valence-corrected chi connectivity index (χ0v) is 25.2. The third-order valence-corrected chi connectivity index (χ3v) is 7.28. The first-order chi connectivity index (χ1) is 21.3. The van der Waals surface area contributed by atoms with Gasteiger partial charge in [0.1, 0.15) is 11.4 Å². The van der Waals surface area contributed by atoms with E-state index in [0.29, 0.717) is 33.5 Å². The largest absolute Gasteiger partial charge is 0.493 e. The van der Waals surface area contributed by atoms with Gasteiger partial charge in [0.2, 0.25) is 5.82 Å². The summed E-state index contributed by atoms with van der Waals surface area (Å²) in [6.07, 6.45) is 1.43. The zero-order valence-electron chi connectivity index (χ0n) is 22.9. The van der Waals surface area contributed by atoms with Crippen LogP contribution in [0, 0.1) is 5.82 Å². The number of carbonyl (C=O) groups is 1. The highest BCUT2D eigenvalue weighted by molar-refractivity contribution is 9.10. The Morgan fingerprint density at radius 3 is 2.70 bits per heavy atom. The minimum atomic E-state index is -0.478. The Hall–Kier alpha value is -5.00. The van der Waals surface area contributed by atoms with Crippen LogP contribution in [0.3, 0.4) is 0 Å². The van der Waals surface area contributed by atoms with Crippen LogP contribution in [0.5, 0.6) is 11.5 Å². The molecule has 2 heterocycles. The lowest BCUT2D eigenvalue weighted by atomic mass is 10.2. The van der Waals surface area contributed by atoms with Crippen LogP contribution in [0.2, 0.25) is 5.02 Å². The summed E-state index contributed by atoms with van der Waals surface area (Å²) in [7, 11) is 1.42. The Bertz CT molecular complexity index is 2130. The number of nitrogens with one attached hydrogen (secondary N) is 1. The fourth-order valence-corrected chi connectivity index (χ4v) is 5.11. The van der Waals surface area contributed by atoms with E-state index in [1.807, 2.05) is 18.2 Å². The molecule has 9 nitrogen and oxygen atoms in total. The second kappa shape index (κ2) is 12.3. The summed E-state index contributed by atoms with van der Waals surface area (Å²) < 4.78 is 32.3. The zero-order chi connectivity index (χ0) is 30.8. The number of anilines is 1. The second-order valence-corrected chi connectivity index (χ2v) is 10.8. The summed E-state index contributed by atoms with van der Waals surface area (Å²) in [6, 6.07) is 22.8. The fraction of sp³-hybridized carbons (Fsp3) is 0.0625. The number of carbonyl (C=O) groups excluding carboxylic acids is 1. The van der Waals surface area contributed by atoms with Gasteiger partial charge in [-0.2, -0.15) is 9.78 Å². The number of amides is 1. The number of para-hydroxylation sites is 1. The van der Waals surface area contributed by atoms with Gasteiger partial charge in [0, 0.05) is 15.5 Å². The molecule has 0 saturated heterocycles. The number of rotatable bonds is 8. The van der Waals surface area contributed by atoms with Crippen LogP contribution in [-0.2, 0) is 4.79 Å². The predicted octanol–water partition coefficient (Wildman–Crippen LogP) is 7.27. The third kappa shape index (κ3) is 6.05. The van der Waals surface area contributed by atoms with E-state index >= 15 is 0 Å². The first-order valence-electron chi connectivity index (χ1n) is 13.1. The quantitative estimate of drug-likeness (QED) is 0.170. The Kier molecular flexibility index (Phi) is 8.14. The van der Waals surface area contributed by atoms with E-state index < -0.39 is 17.3 Å². The molecule has 220 valence electrons. The van der Waals surface area contributed by atoms with Gasteiger partial charge in [0.25, 0.3) is 11.5 Å². The van der Waals surface area contributed by atoms with Crippen molar-refractivity contribution in [3.8, 4) is 23.1 Å². The van der Waals surface area contributed by atoms with Gasteiger partial charge >= 0.3 is 0 Å². The van der Waals surface area contributed by atoms with E-state index in [9.17, 15) is 14.0 Å². The maximum Gasteiger partial charge on any atom is 0.282 e. The lowest BCUT2D eigenvalue weighted by Gasteiger charge is -2.13. The highest BCUT2D eigenvalue weighted by atomic mass is 79.9. The molecule has 0 fully saturated rings. The highest BCUT2D eigenvalue weighted by Gasteiger charge is 2.18. The Labute approximate surface area is 262 Å². The van der Waals surface area contributed by atoms with Gasteiger partial charge in [-0.05, 0) is 78.4 Å². The van der Waals surface area contributed by atoms with Crippen molar-refractivity contribution in [1.82, 2.24) is 9.66 Å². The molecule has 1 amide bonds. The first-order valence-corrected chi connectivity index (χ1v) is 14.3. The van der Waals surface area contributed by atoms with E-state index in [-0.39, 0.29) is 29.0 Å². The minimum absolute atomic E-state index is 0.138. The van der Waals surface area contributed by atoms with Crippen molar-refractivity contribution in [2.24, 2.45) is 5.10 Å². The van der Waals surface area contributed by atoms with Crippen molar-refractivity contribution in [1.29, 1.82) is 0 Å². The van der Waals surface area contributed by atoms with Crippen molar-refractivity contribution in [3.05, 3.63) is 116 Å². The van der Waals surface area contributed by atoms with Crippen molar-refractivity contribution in [2.75, 3.05) is 19.0 Å². The molecule has 12 heteroatoms. The molecule has 4 aromatic carbocycles. The third-order valence-electron chi connectivity index (χ3n) is 6.50. The number of aromatic nitrogens is 2. The smallest absolute Gasteiger partial charge is 0.282 e. The first kappa shape index (κ1) is 29.1. The van der Waals surface area contributed by atoms with Crippen LogP contribution in [0.15, 0.2) is 104 Å². The van der Waals surface area contributed by atoms with E-state index in [1.54, 1.807) is 42.5 Å². The van der Waals surface area contributed by atoms with Gasteiger partial charge in [-0.15, -0.1) is 0 Å². The Morgan fingerprint density at radius 1 is 1.11 bits per heavy atom. The molecular formula is C32H21BrClFN4O5. The van der Waals surface area contributed by atoms with E-state index in [4.69, 9.17) is 30.5 Å². The molecule has 0 aliphatic rings. The highest BCUT2D eigenvalue weighted by Crippen LogP contribution is 2.36. The van der Waals surface area contributed by atoms with Gasteiger partial charge in [-0.3, -0.25) is 9.59 Å². The van der Waals surface area contributed by atoms with Crippen LogP contribution in [0.4, 0.5) is 10.1 Å². The molecule has 0 saturated carbocycles. The maximum absolute atomic E-state index is 13.6. The molecule has 0 aliphatic heterocycles. The number of hydrogen-bond donors (Lipinski definition) is 1. The maximum atomic E-state index is 13.6. The summed E-state index contributed by atoms with van der Waals surface area (Å²) in [5, 5.41) is 8.43. The predicted molar refractivity (Wildman–Crippen MR) is 170 cm³/mol. The summed E-state index contributed by atoms with van der Waals surface area (Å²) in [5.74, 6) is 0.0491.